The highest BCUT2D eigenvalue weighted by Crippen LogP contribution is 2.03. The van der Waals surface area contributed by atoms with Gasteiger partial charge in [0.15, 0.2) is 17.4 Å². The number of nitrogens with one attached hydrogen (secondary N) is 3. The van der Waals surface area contributed by atoms with E-state index < -0.39 is 10.0 Å². The molecule has 0 amide bonds. The summed E-state index contributed by atoms with van der Waals surface area (Å²) in [6, 6.07) is 5.72. The van der Waals surface area contributed by atoms with Crippen LogP contribution in [-0.2, 0) is 16.6 Å². The minimum atomic E-state index is -3.14. The van der Waals surface area contributed by atoms with Crippen LogP contribution in [0.3, 0.4) is 0 Å². The van der Waals surface area contributed by atoms with Gasteiger partial charge in [0.2, 0.25) is 10.0 Å². The lowest BCUT2D eigenvalue weighted by Gasteiger charge is -2.11. The molecule has 132 valence electrons. The number of pyridine rings is 1. The van der Waals surface area contributed by atoms with Gasteiger partial charge in [-0.25, -0.2) is 18.1 Å². The summed E-state index contributed by atoms with van der Waals surface area (Å²) in [4.78, 5) is 4.48. The molecule has 0 unspecified atom stereocenters. The van der Waals surface area contributed by atoms with E-state index in [2.05, 4.69) is 30.5 Å². The summed E-state index contributed by atoms with van der Waals surface area (Å²) in [5.41, 5.74) is 0.785. The molecular weight excluding hydrogens is 330 g/mol. The maximum absolute atomic E-state index is 11.0. The molecule has 0 aliphatic heterocycles. The Hall–Kier alpha value is -2.20. The monoisotopic (exact) mass is 353 g/mol. The lowest BCUT2D eigenvalue weighted by Crippen LogP contribution is -2.38. The van der Waals surface area contributed by atoms with E-state index in [-0.39, 0.29) is 0 Å². The fourth-order valence-corrected chi connectivity index (χ4v) is 2.56. The maximum Gasteiger partial charge on any atom is 0.208 e. The Labute approximate surface area is 141 Å². The van der Waals surface area contributed by atoms with Crippen LogP contribution in [-0.4, -0.2) is 54.9 Å². The van der Waals surface area contributed by atoms with Crippen molar-refractivity contribution < 1.29 is 8.42 Å². The van der Waals surface area contributed by atoms with Gasteiger partial charge in [-0.05, 0) is 25.5 Å². The first-order valence-electron chi connectivity index (χ1n) is 7.75. The number of sulfonamides is 1. The molecule has 0 aliphatic carbocycles. The molecule has 2 aromatic rings. The predicted molar refractivity (Wildman–Crippen MR) is 93.3 cm³/mol. The number of fused-ring (bicyclic) bond motifs is 1. The molecule has 2 rings (SSSR count). The summed E-state index contributed by atoms with van der Waals surface area (Å²) in [6.07, 6.45) is 3.71. The number of aliphatic imine (C=N–C) groups is 1. The van der Waals surface area contributed by atoms with Crippen molar-refractivity contribution in [3.63, 3.8) is 0 Å². The van der Waals surface area contributed by atoms with E-state index in [0.717, 1.165) is 24.3 Å². The van der Waals surface area contributed by atoms with Crippen molar-refractivity contribution in [3.8, 4) is 0 Å². The van der Waals surface area contributed by atoms with Gasteiger partial charge in [0.25, 0.3) is 0 Å². The predicted octanol–water partition coefficient (Wildman–Crippen LogP) is -0.276. The second-order valence-corrected chi connectivity index (χ2v) is 7.02. The molecule has 0 radical (unpaired) electrons. The number of guanidine groups is 1. The number of aromatic nitrogens is 3. The van der Waals surface area contributed by atoms with Crippen LogP contribution in [0.2, 0.25) is 0 Å². The minimum absolute atomic E-state index is 0.389. The van der Waals surface area contributed by atoms with Gasteiger partial charge in [-0.1, -0.05) is 6.07 Å². The second kappa shape index (κ2) is 8.60. The highest BCUT2D eigenvalue weighted by atomic mass is 32.2. The molecule has 0 bridgehead atoms. The molecule has 0 fully saturated rings. The lowest BCUT2D eigenvalue weighted by molar-refractivity contribution is 0.584. The normalized spacial score (nSPS) is 12.5. The van der Waals surface area contributed by atoms with Crippen LogP contribution in [0.25, 0.3) is 5.65 Å². The van der Waals surface area contributed by atoms with Gasteiger partial charge in [-0.2, -0.15) is 0 Å². The standard InChI is InChI=1S/C14H23N7O2S/c1-3-15-14(16-8-6-9-18-24(2,22)23)17-11-13-20-19-12-7-4-5-10-21(12)13/h4-5,7,10,18H,3,6,8-9,11H2,1-2H3,(H2,15,16,17). The zero-order chi connectivity index (χ0) is 17.4. The van der Waals surface area contributed by atoms with E-state index in [0.29, 0.717) is 32.0 Å². The van der Waals surface area contributed by atoms with Crippen molar-refractivity contribution in [1.82, 2.24) is 30.0 Å². The second-order valence-electron chi connectivity index (χ2n) is 5.19. The van der Waals surface area contributed by atoms with Crippen LogP contribution >= 0.6 is 0 Å². The quantitative estimate of drug-likeness (QED) is 0.342. The zero-order valence-corrected chi connectivity index (χ0v) is 14.7. The highest BCUT2D eigenvalue weighted by Gasteiger charge is 2.04. The van der Waals surface area contributed by atoms with Crippen molar-refractivity contribution in [3.05, 3.63) is 30.2 Å². The third kappa shape index (κ3) is 5.78. The molecule has 0 spiro atoms. The average Bonchev–Trinajstić information content (AvgIpc) is 2.94. The zero-order valence-electron chi connectivity index (χ0n) is 13.9. The van der Waals surface area contributed by atoms with Crippen molar-refractivity contribution in [2.75, 3.05) is 25.9 Å². The molecular formula is C14H23N7O2S. The fourth-order valence-electron chi connectivity index (χ4n) is 2.04. The van der Waals surface area contributed by atoms with Crippen molar-refractivity contribution in [2.24, 2.45) is 4.99 Å². The fraction of sp³-hybridized carbons (Fsp3) is 0.500. The van der Waals surface area contributed by atoms with E-state index in [4.69, 9.17) is 0 Å². The molecule has 0 aromatic carbocycles. The molecule has 2 heterocycles. The maximum atomic E-state index is 11.0. The van der Waals surface area contributed by atoms with Gasteiger partial charge in [0.1, 0.15) is 6.54 Å². The Morgan fingerprint density at radius 1 is 1.25 bits per heavy atom. The molecule has 24 heavy (non-hydrogen) atoms. The van der Waals surface area contributed by atoms with Crippen LogP contribution in [0.4, 0.5) is 0 Å². The third-order valence-corrected chi connectivity index (χ3v) is 3.85. The molecule has 10 heteroatoms. The Morgan fingerprint density at radius 3 is 2.83 bits per heavy atom. The molecule has 3 N–H and O–H groups in total. The van der Waals surface area contributed by atoms with Crippen molar-refractivity contribution in [1.29, 1.82) is 0 Å². The van der Waals surface area contributed by atoms with Crippen molar-refractivity contribution in [2.45, 2.75) is 19.9 Å². The molecule has 0 saturated heterocycles. The highest BCUT2D eigenvalue weighted by molar-refractivity contribution is 7.88. The van der Waals surface area contributed by atoms with E-state index in [1.807, 2.05) is 35.7 Å². The Bertz CT molecular complexity index is 785. The summed E-state index contributed by atoms with van der Waals surface area (Å²) in [5, 5.41) is 14.5. The molecule has 0 aliphatic rings. The van der Waals surface area contributed by atoms with Crippen LogP contribution < -0.4 is 15.4 Å². The van der Waals surface area contributed by atoms with Crippen LogP contribution in [0.5, 0.6) is 0 Å². The smallest absolute Gasteiger partial charge is 0.208 e. The lowest BCUT2D eigenvalue weighted by atomic mass is 10.4. The summed E-state index contributed by atoms with van der Waals surface area (Å²) in [5.74, 6) is 1.41. The third-order valence-electron chi connectivity index (χ3n) is 3.12. The van der Waals surface area contributed by atoms with Gasteiger partial charge in [-0.15, -0.1) is 10.2 Å². The van der Waals surface area contributed by atoms with Crippen LogP contribution in [0, 0.1) is 0 Å². The summed E-state index contributed by atoms with van der Waals surface area (Å²) < 4.78 is 26.3. The number of rotatable bonds is 8. The molecule has 0 atom stereocenters. The molecule has 0 saturated carbocycles. The average molecular weight is 353 g/mol. The molecule has 9 nitrogen and oxygen atoms in total. The first-order valence-corrected chi connectivity index (χ1v) is 9.64. The Balaban J connectivity index is 1.88. The summed E-state index contributed by atoms with van der Waals surface area (Å²) >= 11 is 0. The topological polar surface area (TPSA) is 113 Å². The van der Waals surface area contributed by atoms with Gasteiger partial charge in [0, 0.05) is 25.8 Å². The van der Waals surface area contributed by atoms with E-state index in [1.54, 1.807) is 0 Å². The molecule has 2 aromatic heterocycles. The van der Waals surface area contributed by atoms with Gasteiger partial charge in [0.05, 0.1) is 6.26 Å². The first kappa shape index (κ1) is 18.1. The van der Waals surface area contributed by atoms with Crippen LogP contribution in [0.1, 0.15) is 19.2 Å². The largest absolute Gasteiger partial charge is 0.357 e. The van der Waals surface area contributed by atoms with Gasteiger partial charge in [-0.3, -0.25) is 4.40 Å². The summed E-state index contributed by atoms with van der Waals surface area (Å²) in [6.45, 7) is 4.10. The van der Waals surface area contributed by atoms with Crippen LogP contribution in [0.15, 0.2) is 29.4 Å². The number of hydrogen-bond acceptors (Lipinski definition) is 5. The Morgan fingerprint density at radius 2 is 2.08 bits per heavy atom. The SMILES string of the molecule is CCNC(=NCc1nnc2ccccn12)NCCCNS(C)(=O)=O. The minimum Gasteiger partial charge on any atom is -0.357 e. The van der Waals surface area contributed by atoms with E-state index in [1.165, 1.54) is 0 Å². The number of hydrogen-bond donors (Lipinski definition) is 3. The Kier molecular flexibility index (Phi) is 6.50. The number of nitrogens with zero attached hydrogens (tertiary/aromatic N) is 4. The van der Waals surface area contributed by atoms with E-state index in [9.17, 15) is 8.42 Å². The van der Waals surface area contributed by atoms with E-state index >= 15 is 0 Å². The first-order chi connectivity index (χ1) is 11.5. The van der Waals surface area contributed by atoms with Gasteiger partial charge < -0.3 is 10.6 Å². The van der Waals surface area contributed by atoms with Crippen molar-refractivity contribution >= 4 is 21.6 Å². The summed E-state index contributed by atoms with van der Waals surface area (Å²) in [7, 11) is -3.14. The van der Waals surface area contributed by atoms with Gasteiger partial charge >= 0.3 is 0 Å².